The maximum absolute atomic E-state index is 13.5. The Hall–Kier alpha value is -1.33. The molecule has 1 aromatic carbocycles. The normalized spacial score (nSPS) is 10.9. The number of nitrogens with one attached hydrogen (secondary N) is 1. The summed E-state index contributed by atoms with van der Waals surface area (Å²) in [5.74, 6) is -0.193. The van der Waals surface area contributed by atoms with Gasteiger partial charge in [-0.25, -0.2) is 4.39 Å². The molecule has 0 atom stereocenters. The highest BCUT2D eigenvalue weighted by atomic mass is 32.1. The average Bonchev–Trinajstić information content (AvgIpc) is 2.87. The summed E-state index contributed by atoms with van der Waals surface area (Å²) in [4.78, 5) is 0. The van der Waals surface area contributed by atoms with Gasteiger partial charge in [0, 0.05) is 12.0 Å². The van der Waals surface area contributed by atoms with Crippen molar-refractivity contribution in [1.82, 2.24) is 15.5 Å². The van der Waals surface area contributed by atoms with E-state index in [1.54, 1.807) is 24.3 Å². The number of hydrogen-bond donors (Lipinski definition) is 1. The fraction of sp³-hybridized carbons (Fsp3) is 0.429. The lowest BCUT2D eigenvalue weighted by molar-refractivity contribution is 0.619. The van der Waals surface area contributed by atoms with E-state index >= 15 is 0 Å². The van der Waals surface area contributed by atoms with Crippen LogP contribution in [0.2, 0.25) is 0 Å². The lowest BCUT2D eigenvalue weighted by atomic mass is 10.1. The number of aryl methyl sites for hydroxylation is 2. The minimum Gasteiger partial charge on any atom is -0.317 e. The number of rotatable bonds is 6. The van der Waals surface area contributed by atoms with E-state index in [1.807, 2.05) is 6.07 Å². The van der Waals surface area contributed by atoms with Crippen molar-refractivity contribution in [3.8, 4) is 10.6 Å². The number of hydrogen-bond acceptors (Lipinski definition) is 4. The first-order chi connectivity index (χ1) is 9.20. The van der Waals surface area contributed by atoms with Crippen molar-refractivity contribution >= 4 is 11.3 Å². The molecule has 0 fully saturated rings. The summed E-state index contributed by atoms with van der Waals surface area (Å²) in [6.07, 6.45) is 1.96. The first kappa shape index (κ1) is 14.1. The predicted molar refractivity (Wildman–Crippen MR) is 76.9 cm³/mol. The van der Waals surface area contributed by atoms with Crippen LogP contribution in [0.3, 0.4) is 0 Å². The summed E-state index contributed by atoms with van der Waals surface area (Å²) in [5, 5.41) is 13.4. The third kappa shape index (κ3) is 3.81. The topological polar surface area (TPSA) is 37.8 Å². The summed E-state index contributed by atoms with van der Waals surface area (Å²) in [6.45, 7) is 5.83. The number of nitrogens with zero attached hydrogens (tertiary/aromatic N) is 2. The van der Waals surface area contributed by atoms with E-state index in [2.05, 4.69) is 22.4 Å². The molecule has 0 aliphatic rings. The highest BCUT2D eigenvalue weighted by Gasteiger charge is 2.08. The molecule has 3 nitrogen and oxygen atoms in total. The molecule has 1 aromatic heterocycles. The second kappa shape index (κ2) is 6.73. The molecule has 19 heavy (non-hydrogen) atoms. The Morgan fingerprint density at radius 2 is 2.16 bits per heavy atom. The number of halogens is 1. The van der Waals surface area contributed by atoms with E-state index < -0.39 is 0 Å². The second-order valence-corrected chi connectivity index (χ2v) is 5.48. The lowest BCUT2D eigenvalue weighted by Gasteiger charge is -1.99. The molecular weight excluding hydrogens is 261 g/mol. The Kier molecular flexibility index (Phi) is 4.99. The van der Waals surface area contributed by atoms with E-state index in [0.717, 1.165) is 41.5 Å². The van der Waals surface area contributed by atoms with Gasteiger partial charge in [0.15, 0.2) is 0 Å². The van der Waals surface area contributed by atoms with E-state index in [4.69, 9.17) is 0 Å². The largest absolute Gasteiger partial charge is 0.317 e. The predicted octanol–water partition coefficient (Wildman–Crippen LogP) is 3.19. The SMILES string of the molecule is CCNCCCc1nnc(-c2ccc(C)c(F)c2)s1. The third-order valence-electron chi connectivity index (χ3n) is 2.88. The standard InChI is InChI=1S/C14H18FN3S/c1-3-16-8-4-5-13-17-18-14(19-13)11-7-6-10(2)12(15)9-11/h6-7,9,16H,3-5,8H2,1-2H3. The first-order valence-corrected chi connectivity index (χ1v) is 7.32. The third-order valence-corrected chi connectivity index (χ3v) is 3.91. The van der Waals surface area contributed by atoms with Crippen LogP contribution in [-0.4, -0.2) is 23.3 Å². The maximum Gasteiger partial charge on any atom is 0.147 e. The summed E-state index contributed by atoms with van der Waals surface area (Å²) >= 11 is 1.54. The van der Waals surface area contributed by atoms with Crippen LogP contribution in [-0.2, 0) is 6.42 Å². The molecule has 102 valence electrons. The highest BCUT2D eigenvalue weighted by molar-refractivity contribution is 7.14. The van der Waals surface area contributed by atoms with Gasteiger partial charge in [-0.2, -0.15) is 0 Å². The van der Waals surface area contributed by atoms with Crippen molar-refractivity contribution < 1.29 is 4.39 Å². The zero-order chi connectivity index (χ0) is 13.7. The van der Waals surface area contributed by atoms with Crippen molar-refractivity contribution in [1.29, 1.82) is 0 Å². The van der Waals surface area contributed by atoms with Gasteiger partial charge in [-0.1, -0.05) is 30.4 Å². The molecule has 1 N–H and O–H groups in total. The monoisotopic (exact) mass is 279 g/mol. The van der Waals surface area contributed by atoms with Crippen LogP contribution in [0.1, 0.15) is 23.9 Å². The Bertz CT molecular complexity index is 539. The van der Waals surface area contributed by atoms with Crippen molar-refractivity contribution in [3.63, 3.8) is 0 Å². The van der Waals surface area contributed by atoms with Gasteiger partial charge in [-0.05, 0) is 38.1 Å². The van der Waals surface area contributed by atoms with Crippen LogP contribution in [0.25, 0.3) is 10.6 Å². The van der Waals surface area contributed by atoms with Crippen LogP contribution >= 0.6 is 11.3 Å². The van der Waals surface area contributed by atoms with Crippen molar-refractivity contribution in [2.45, 2.75) is 26.7 Å². The lowest BCUT2D eigenvalue weighted by Crippen LogP contribution is -2.14. The molecule has 2 aromatic rings. The zero-order valence-electron chi connectivity index (χ0n) is 11.2. The average molecular weight is 279 g/mol. The molecule has 0 saturated heterocycles. The Morgan fingerprint density at radius 3 is 2.89 bits per heavy atom. The molecule has 1 heterocycles. The van der Waals surface area contributed by atoms with E-state index in [9.17, 15) is 4.39 Å². The molecule has 5 heteroatoms. The molecule has 0 spiro atoms. The van der Waals surface area contributed by atoms with Gasteiger partial charge in [0.05, 0.1) is 0 Å². The molecule has 0 amide bonds. The van der Waals surface area contributed by atoms with Crippen molar-refractivity contribution in [3.05, 3.63) is 34.6 Å². The van der Waals surface area contributed by atoms with Crippen molar-refractivity contribution in [2.75, 3.05) is 13.1 Å². The van der Waals surface area contributed by atoms with Gasteiger partial charge in [0.2, 0.25) is 0 Å². The fourth-order valence-electron chi connectivity index (χ4n) is 1.74. The van der Waals surface area contributed by atoms with Crippen LogP contribution < -0.4 is 5.32 Å². The summed E-state index contributed by atoms with van der Waals surface area (Å²) in [7, 11) is 0. The summed E-state index contributed by atoms with van der Waals surface area (Å²) in [5.41, 5.74) is 1.46. The van der Waals surface area contributed by atoms with E-state index in [1.165, 1.54) is 6.07 Å². The maximum atomic E-state index is 13.5. The smallest absolute Gasteiger partial charge is 0.147 e. The molecule has 0 bridgehead atoms. The quantitative estimate of drug-likeness (QED) is 0.825. The summed E-state index contributed by atoms with van der Waals surface area (Å²) < 4.78 is 13.5. The first-order valence-electron chi connectivity index (χ1n) is 6.50. The Morgan fingerprint density at radius 1 is 1.32 bits per heavy atom. The fourth-order valence-corrected chi connectivity index (χ4v) is 2.62. The summed E-state index contributed by atoms with van der Waals surface area (Å²) in [6, 6.07) is 5.19. The minimum absolute atomic E-state index is 0.193. The van der Waals surface area contributed by atoms with Crippen molar-refractivity contribution in [2.24, 2.45) is 0 Å². The molecule has 0 saturated carbocycles. The van der Waals surface area contributed by atoms with Gasteiger partial charge in [-0.15, -0.1) is 10.2 Å². The number of benzene rings is 1. The van der Waals surface area contributed by atoms with Crippen LogP contribution in [0.4, 0.5) is 4.39 Å². The molecule has 0 unspecified atom stereocenters. The second-order valence-electron chi connectivity index (χ2n) is 4.42. The molecule has 0 aliphatic carbocycles. The van der Waals surface area contributed by atoms with E-state index in [-0.39, 0.29) is 5.82 Å². The Balaban J connectivity index is 2.01. The zero-order valence-corrected chi connectivity index (χ0v) is 12.1. The van der Waals surface area contributed by atoms with Gasteiger partial charge >= 0.3 is 0 Å². The minimum atomic E-state index is -0.193. The molecule has 0 aliphatic heterocycles. The van der Waals surface area contributed by atoms with Gasteiger partial charge in [0.25, 0.3) is 0 Å². The van der Waals surface area contributed by atoms with Gasteiger partial charge < -0.3 is 5.32 Å². The van der Waals surface area contributed by atoms with Crippen LogP contribution in [0.5, 0.6) is 0 Å². The Labute approximate surface area is 116 Å². The number of aromatic nitrogens is 2. The van der Waals surface area contributed by atoms with Gasteiger partial charge in [-0.3, -0.25) is 0 Å². The molecular formula is C14H18FN3S. The van der Waals surface area contributed by atoms with E-state index in [0.29, 0.717) is 5.56 Å². The van der Waals surface area contributed by atoms with Gasteiger partial charge in [0.1, 0.15) is 15.8 Å². The van der Waals surface area contributed by atoms with Crippen LogP contribution in [0.15, 0.2) is 18.2 Å². The molecule has 2 rings (SSSR count). The molecule has 0 radical (unpaired) electrons. The highest BCUT2D eigenvalue weighted by Crippen LogP contribution is 2.25. The van der Waals surface area contributed by atoms with Crippen LogP contribution in [0, 0.1) is 12.7 Å².